The summed E-state index contributed by atoms with van der Waals surface area (Å²) in [6.07, 6.45) is 0.547. The van der Waals surface area contributed by atoms with Crippen LogP contribution in [-0.4, -0.2) is 66.0 Å². The molecule has 0 saturated carbocycles. The Labute approximate surface area is 168 Å². The van der Waals surface area contributed by atoms with Crippen LogP contribution in [0.5, 0.6) is 0 Å². The maximum absolute atomic E-state index is 12.3. The van der Waals surface area contributed by atoms with Crippen LogP contribution in [0.4, 0.5) is 10.6 Å². The Morgan fingerprint density at radius 1 is 1.18 bits per heavy atom. The third-order valence-corrected chi connectivity index (χ3v) is 3.29. The molecular formula is C17H24ClN5O5. The van der Waals surface area contributed by atoms with Crippen LogP contribution in [0.15, 0.2) is 18.3 Å². The fourth-order valence-electron chi connectivity index (χ4n) is 1.86. The van der Waals surface area contributed by atoms with Crippen LogP contribution in [-0.2, 0) is 19.1 Å². The highest BCUT2D eigenvalue weighted by Gasteiger charge is 2.27. The number of amides is 4. The minimum Gasteiger partial charge on any atom is -0.444 e. The molecule has 0 bridgehead atoms. The Morgan fingerprint density at radius 2 is 1.82 bits per heavy atom. The zero-order chi connectivity index (χ0) is 21.5. The predicted molar refractivity (Wildman–Crippen MR) is 103 cm³/mol. The highest BCUT2D eigenvalue weighted by Crippen LogP contribution is 2.09. The lowest BCUT2D eigenvalue weighted by molar-refractivity contribution is -0.139. The first kappa shape index (κ1) is 23.2. The van der Waals surface area contributed by atoms with Gasteiger partial charge in [0, 0.05) is 20.3 Å². The lowest BCUT2D eigenvalue weighted by Crippen LogP contribution is -2.54. The summed E-state index contributed by atoms with van der Waals surface area (Å²) in [6, 6.07) is 1.74. The molecular weight excluding hydrogens is 390 g/mol. The van der Waals surface area contributed by atoms with Crippen LogP contribution in [0.3, 0.4) is 0 Å². The Morgan fingerprint density at radius 3 is 2.32 bits per heavy atom. The molecule has 0 saturated heterocycles. The first-order valence-corrected chi connectivity index (χ1v) is 8.68. The lowest BCUT2D eigenvalue weighted by atomic mass is 10.2. The van der Waals surface area contributed by atoms with Crippen molar-refractivity contribution in [1.82, 2.24) is 20.5 Å². The van der Waals surface area contributed by atoms with E-state index in [2.05, 4.69) is 20.9 Å². The van der Waals surface area contributed by atoms with E-state index < -0.39 is 35.5 Å². The molecule has 0 unspecified atom stereocenters. The molecule has 10 nitrogen and oxygen atoms in total. The topological polar surface area (TPSA) is 130 Å². The molecule has 0 fully saturated rings. The molecule has 1 rings (SSSR count). The summed E-state index contributed by atoms with van der Waals surface area (Å²) in [6.45, 7) is 4.80. The molecule has 1 aromatic heterocycles. The smallest absolute Gasteiger partial charge is 0.407 e. The number of pyridine rings is 1. The molecule has 3 N–H and O–H groups in total. The molecule has 1 heterocycles. The Hall–Kier alpha value is -2.88. The number of hydrogen-bond acceptors (Lipinski definition) is 6. The molecule has 28 heavy (non-hydrogen) atoms. The summed E-state index contributed by atoms with van der Waals surface area (Å²) in [5, 5.41) is 7.32. The van der Waals surface area contributed by atoms with Gasteiger partial charge < -0.3 is 25.6 Å². The fourth-order valence-corrected chi connectivity index (χ4v) is 1.97. The number of carbonyl (C=O) groups excluding carboxylic acids is 4. The van der Waals surface area contributed by atoms with Crippen molar-refractivity contribution in [2.24, 2.45) is 0 Å². The molecule has 1 aromatic rings. The molecule has 0 aliphatic carbocycles. The molecule has 0 radical (unpaired) electrons. The van der Waals surface area contributed by atoms with E-state index >= 15 is 0 Å². The summed E-state index contributed by atoms with van der Waals surface area (Å²) >= 11 is 5.70. The number of ether oxygens (including phenoxy) is 1. The first-order chi connectivity index (χ1) is 12.9. The van der Waals surface area contributed by atoms with Crippen molar-refractivity contribution in [3.8, 4) is 0 Å². The number of carbonyl (C=O) groups is 4. The monoisotopic (exact) mass is 413 g/mol. The minimum absolute atomic E-state index is 0.118. The van der Waals surface area contributed by atoms with Crippen molar-refractivity contribution in [2.45, 2.75) is 32.4 Å². The summed E-state index contributed by atoms with van der Waals surface area (Å²) in [4.78, 5) is 53.2. The van der Waals surface area contributed by atoms with Crippen LogP contribution < -0.4 is 16.0 Å². The molecule has 0 aliphatic rings. The van der Waals surface area contributed by atoms with Gasteiger partial charge in [-0.3, -0.25) is 14.4 Å². The fraction of sp³-hybridized carbons (Fsp3) is 0.471. The number of halogens is 1. The van der Waals surface area contributed by atoms with Crippen molar-refractivity contribution in [2.75, 3.05) is 26.0 Å². The molecule has 4 amide bonds. The standard InChI is InChI=1S/C17H24ClN5O5/c1-17(2,3)28-16(27)20-9-11(15(26)23(4)5)21-13(24)14(25)22-12-7-6-10(18)8-19-12/h6-8,11H,9H2,1-5H3,(H,20,27)(H,21,24)(H,19,22,25)/t11-/m0/s1. The number of likely N-dealkylation sites (N-methyl/N-ethyl adjacent to an activating group) is 1. The largest absolute Gasteiger partial charge is 0.444 e. The summed E-state index contributed by atoms with van der Waals surface area (Å²) < 4.78 is 5.08. The van der Waals surface area contributed by atoms with Crippen LogP contribution in [0, 0.1) is 0 Å². The quantitative estimate of drug-likeness (QED) is 0.611. The summed E-state index contributed by atoms with van der Waals surface area (Å²) in [7, 11) is 2.96. The average Bonchev–Trinajstić information content (AvgIpc) is 2.58. The van der Waals surface area contributed by atoms with Crippen molar-refractivity contribution >= 4 is 41.2 Å². The van der Waals surface area contributed by atoms with E-state index in [1.807, 2.05) is 0 Å². The van der Waals surface area contributed by atoms with Crippen LogP contribution >= 0.6 is 11.6 Å². The third kappa shape index (κ3) is 8.21. The zero-order valence-corrected chi connectivity index (χ0v) is 17.1. The van der Waals surface area contributed by atoms with Crippen molar-refractivity contribution < 1.29 is 23.9 Å². The van der Waals surface area contributed by atoms with E-state index in [0.717, 1.165) is 0 Å². The van der Waals surface area contributed by atoms with E-state index in [1.165, 1.54) is 37.3 Å². The molecule has 0 aliphatic heterocycles. The summed E-state index contributed by atoms with van der Waals surface area (Å²) in [5.41, 5.74) is -0.722. The average molecular weight is 414 g/mol. The van der Waals surface area contributed by atoms with Gasteiger partial charge in [-0.05, 0) is 32.9 Å². The van der Waals surface area contributed by atoms with Gasteiger partial charge in [0.15, 0.2) is 0 Å². The number of aromatic nitrogens is 1. The van der Waals surface area contributed by atoms with Gasteiger partial charge in [0.05, 0.1) is 11.6 Å². The minimum atomic E-state index is -1.17. The normalized spacial score (nSPS) is 11.8. The van der Waals surface area contributed by atoms with E-state index in [1.54, 1.807) is 20.8 Å². The number of nitrogens with zero attached hydrogens (tertiary/aromatic N) is 2. The predicted octanol–water partition coefficient (Wildman–Crippen LogP) is 0.771. The number of alkyl carbamates (subject to hydrolysis) is 1. The van der Waals surface area contributed by atoms with Gasteiger partial charge in [-0.15, -0.1) is 0 Å². The maximum atomic E-state index is 12.3. The van der Waals surface area contributed by atoms with E-state index in [-0.39, 0.29) is 12.4 Å². The van der Waals surface area contributed by atoms with E-state index in [4.69, 9.17) is 16.3 Å². The number of rotatable bonds is 5. The Balaban J connectivity index is 2.72. The van der Waals surface area contributed by atoms with E-state index in [0.29, 0.717) is 5.02 Å². The van der Waals surface area contributed by atoms with Gasteiger partial charge in [0.2, 0.25) is 5.91 Å². The molecule has 11 heteroatoms. The molecule has 0 aromatic carbocycles. The number of hydrogen-bond donors (Lipinski definition) is 3. The highest BCUT2D eigenvalue weighted by molar-refractivity contribution is 6.40. The third-order valence-electron chi connectivity index (χ3n) is 3.07. The van der Waals surface area contributed by atoms with Crippen molar-refractivity contribution in [3.05, 3.63) is 23.4 Å². The second kappa shape index (κ2) is 9.88. The van der Waals surface area contributed by atoms with Gasteiger partial charge in [-0.1, -0.05) is 11.6 Å². The molecule has 0 spiro atoms. The Kier molecular flexibility index (Phi) is 8.17. The summed E-state index contributed by atoms with van der Waals surface area (Å²) in [5.74, 6) is -2.49. The maximum Gasteiger partial charge on any atom is 0.407 e. The molecule has 154 valence electrons. The zero-order valence-electron chi connectivity index (χ0n) is 16.3. The Bertz CT molecular complexity index is 730. The second-order valence-electron chi connectivity index (χ2n) is 6.96. The van der Waals surface area contributed by atoms with Gasteiger partial charge in [0.25, 0.3) is 0 Å². The van der Waals surface area contributed by atoms with Gasteiger partial charge >= 0.3 is 17.9 Å². The van der Waals surface area contributed by atoms with Gasteiger partial charge in [0.1, 0.15) is 17.5 Å². The first-order valence-electron chi connectivity index (χ1n) is 8.30. The van der Waals surface area contributed by atoms with Crippen LogP contribution in [0.1, 0.15) is 20.8 Å². The van der Waals surface area contributed by atoms with Crippen LogP contribution in [0.2, 0.25) is 5.02 Å². The molecule has 1 atom stereocenters. The number of anilines is 1. The van der Waals surface area contributed by atoms with Crippen molar-refractivity contribution in [3.63, 3.8) is 0 Å². The highest BCUT2D eigenvalue weighted by atomic mass is 35.5. The van der Waals surface area contributed by atoms with Gasteiger partial charge in [-0.2, -0.15) is 0 Å². The lowest BCUT2D eigenvalue weighted by Gasteiger charge is -2.23. The van der Waals surface area contributed by atoms with Crippen LogP contribution in [0.25, 0.3) is 0 Å². The van der Waals surface area contributed by atoms with Gasteiger partial charge in [-0.25, -0.2) is 9.78 Å². The van der Waals surface area contributed by atoms with E-state index in [9.17, 15) is 19.2 Å². The SMILES string of the molecule is CN(C)C(=O)[C@H](CNC(=O)OC(C)(C)C)NC(=O)C(=O)Nc1ccc(Cl)cn1. The number of nitrogens with one attached hydrogen (secondary N) is 3. The van der Waals surface area contributed by atoms with Crippen molar-refractivity contribution in [1.29, 1.82) is 0 Å². The second-order valence-corrected chi connectivity index (χ2v) is 7.39.